The second-order valence-corrected chi connectivity index (χ2v) is 2.87. The van der Waals surface area contributed by atoms with Gasteiger partial charge in [0.2, 0.25) is 0 Å². The van der Waals surface area contributed by atoms with E-state index in [4.69, 9.17) is 0 Å². The third-order valence-corrected chi connectivity index (χ3v) is 1.56. The Balaban J connectivity index is 3.22. The summed E-state index contributed by atoms with van der Waals surface area (Å²) in [5.74, 6) is 0. The fourth-order valence-electron chi connectivity index (χ4n) is 0.900. The van der Waals surface area contributed by atoms with E-state index in [-0.39, 0.29) is 16.9 Å². The van der Waals surface area contributed by atoms with Crippen molar-refractivity contribution in [2.75, 3.05) is 14.1 Å². The zero-order valence-corrected chi connectivity index (χ0v) is 8.28. The zero-order chi connectivity index (χ0) is 11.3. The van der Waals surface area contributed by atoms with Gasteiger partial charge in [0.05, 0.1) is 24.2 Å². The van der Waals surface area contributed by atoms with Crippen LogP contribution in [0.3, 0.4) is 0 Å². The molecule has 0 aliphatic rings. The highest BCUT2D eigenvalue weighted by Crippen LogP contribution is 2.25. The van der Waals surface area contributed by atoms with Crippen molar-refractivity contribution in [3.05, 3.63) is 27.8 Å². The molecular formula is C8H9N5O2. The van der Waals surface area contributed by atoms with Crippen LogP contribution in [-0.2, 0) is 0 Å². The maximum atomic E-state index is 10.4. The molecule has 0 unspecified atom stereocenters. The molecule has 0 aliphatic carbocycles. The summed E-state index contributed by atoms with van der Waals surface area (Å²) in [6.07, 6.45) is 3.84. The summed E-state index contributed by atoms with van der Waals surface area (Å²) in [5.41, 5.74) is 0.346. The Kier molecular flexibility index (Phi) is 3.55. The quantitative estimate of drug-likeness (QED) is 0.427. The van der Waals surface area contributed by atoms with Crippen LogP contribution in [0.4, 0.5) is 11.4 Å². The Hall–Kier alpha value is -2.18. The van der Waals surface area contributed by atoms with E-state index in [1.165, 1.54) is 23.6 Å². The molecule has 0 aromatic carbocycles. The van der Waals surface area contributed by atoms with Gasteiger partial charge in [-0.1, -0.05) is 0 Å². The number of pyridine rings is 1. The van der Waals surface area contributed by atoms with Crippen LogP contribution in [-0.4, -0.2) is 30.3 Å². The Morgan fingerprint density at radius 2 is 1.73 bits per heavy atom. The third-order valence-electron chi connectivity index (χ3n) is 1.56. The largest absolute Gasteiger partial charge is 0.303 e. The maximum Gasteiger partial charge on any atom is 0.137 e. The van der Waals surface area contributed by atoms with Crippen molar-refractivity contribution in [2.45, 2.75) is 0 Å². The van der Waals surface area contributed by atoms with Crippen LogP contribution in [0.5, 0.6) is 0 Å². The molecular weight excluding hydrogens is 198 g/mol. The first kappa shape index (κ1) is 10.9. The minimum atomic E-state index is 0.0395. The van der Waals surface area contributed by atoms with Crippen molar-refractivity contribution in [1.29, 1.82) is 0 Å². The van der Waals surface area contributed by atoms with Crippen LogP contribution in [0.25, 0.3) is 0 Å². The molecule has 0 saturated heterocycles. The van der Waals surface area contributed by atoms with Gasteiger partial charge in [0.25, 0.3) is 0 Å². The van der Waals surface area contributed by atoms with E-state index in [9.17, 15) is 9.81 Å². The van der Waals surface area contributed by atoms with Crippen molar-refractivity contribution in [1.82, 2.24) is 9.99 Å². The average molecular weight is 207 g/mol. The number of nitrogens with zero attached hydrogens (tertiary/aromatic N) is 5. The van der Waals surface area contributed by atoms with Crippen LogP contribution >= 0.6 is 0 Å². The number of nitroso groups, excluding NO2 is 2. The van der Waals surface area contributed by atoms with Gasteiger partial charge >= 0.3 is 0 Å². The normalized spacial score (nSPS) is 10.3. The summed E-state index contributed by atoms with van der Waals surface area (Å²) in [7, 11) is 3.42. The van der Waals surface area contributed by atoms with E-state index >= 15 is 0 Å². The molecule has 1 aromatic heterocycles. The predicted molar refractivity (Wildman–Crippen MR) is 56.4 cm³/mol. The monoisotopic (exact) mass is 207 g/mol. The van der Waals surface area contributed by atoms with Crippen LogP contribution in [0.15, 0.2) is 27.8 Å². The Morgan fingerprint density at radius 3 is 2.13 bits per heavy atom. The van der Waals surface area contributed by atoms with Crippen molar-refractivity contribution in [2.24, 2.45) is 15.5 Å². The fraction of sp³-hybridized carbons (Fsp3) is 0.250. The van der Waals surface area contributed by atoms with E-state index in [1.807, 2.05) is 0 Å². The predicted octanol–water partition coefficient (Wildman–Crippen LogP) is 1.77. The minimum absolute atomic E-state index is 0.0395. The molecule has 0 spiro atoms. The summed E-state index contributed by atoms with van der Waals surface area (Å²) in [6.45, 7) is 0. The van der Waals surface area contributed by atoms with Gasteiger partial charge in [-0.25, -0.2) is 0 Å². The summed E-state index contributed by atoms with van der Waals surface area (Å²) < 4.78 is 0. The first-order valence-corrected chi connectivity index (χ1v) is 4.05. The van der Waals surface area contributed by atoms with Crippen LogP contribution in [0, 0.1) is 9.81 Å². The number of hydrazone groups is 1. The lowest BCUT2D eigenvalue weighted by Gasteiger charge is -2.03. The summed E-state index contributed by atoms with van der Waals surface area (Å²) in [4.78, 5) is 24.5. The van der Waals surface area contributed by atoms with Crippen molar-refractivity contribution < 1.29 is 0 Å². The molecule has 1 aromatic rings. The smallest absolute Gasteiger partial charge is 0.137 e. The fourth-order valence-corrected chi connectivity index (χ4v) is 0.900. The number of aromatic nitrogens is 1. The van der Waals surface area contributed by atoms with Gasteiger partial charge in [0, 0.05) is 14.1 Å². The highest BCUT2D eigenvalue weighted by molar-refractivity contribution is 5.92. The van der Waals surface area contributed by atoms with Gasteiger partial charge in [0.1, 0.15) is 11.4 Å². The lowest BCUT2D eigenvalue weighted by molar-refractivity contribution is 0.440. The summed E-state index contributed by atoms with van der Waals surface area (Å²) in [5, 5.41) is 10.9. The standard InChI is InChI=1S/C8H9N5O2/c1-13(2)10-3-6-7(11-14)4-9-5-8(6)12-15/h3-5H,1-2H3/b10-3+. The van der Waals surface area contributed by atoms with Crippen LogP contribution in [0.1, 0.15) is 5.56 Å². The zero-order valence-electron chi connectivity index (χ0n) is 8.28. The molecule has 0 bridgehead atoms. The van der Waals surface area contributed by atoms with Gasteiger partial charge in [0.15, 0.2) is 0 Å². The van der Waals surface area contributed by atoms with E-state index in [0.717, 1.165) is 0 Å². The highest BCUT2D eigenvalue weighted by Gasteiger charge is 2.08. The minimum Gasteiger partial charge on any atom is -0.303 e. The lowest BCUT2D eigenvalue weighted by Crippen LogP contribution is -2.02. The lowest BCUT2D eigenvalue weighted by atomic mass is 10.2. The topological polar surface area (TPSA) is 87.3 Å². The van der Waals surface area contributed by atoms with Crippen molar-refractivity contribution in [3.63, 3.8) is 0 Å². The molecule has 0 aliphatic heterocycles. The molecule has 0 saturated carbocycles. The van der Waals surface area contributed by atoms with Gasteiger partial charge in [-0.3, -0.25) is 4.98 Å². The number of rotatable bonds is 4. The molecule has 7 heteroatoms. The first-order chi connectivity index (χ1) is 7.19. The van der Waals surface area contributed by atoms with Gasteiger partial charge < -0.3 is 5.01 Å². The maximum absolute atomic E-state index is 10.4. The second kappa shape index (κ2) is 4.89. The third kappa shape index (κ3) is 2.63. The molecule has 0 fully saturated rings. The van der Waals surface area contributed by atoms with Crippen LogP contribution in [0.2, 0.25) is 0 Å². The second-order valence-electron chi connectivity index (χ2n) is 2.87. The summed E-state index contributed by atoms with van der Waals surface area (Å²) >= 11 is 0. The SMILES string of the molecule is CN(C)/N=C/c1c(N=O)cncc1N=O. The van der Waals surface area contributed by atoms with E-state index < -0.39 is 0 Å². The van der Waals surface area contributed by atoms with E-state index in [1.54, 1.807) is 14.1 Å². The van der Waals surface area contributed by atoms with Crippen molar-refractivity contribution >= 4 is 17.6 Å². The molecule has 0 N–H and O–H groups in total. The molecule has 1 heterocycles. The van der Waals surface area contributed by atoms with Crippen LogP contribution < -0.4 is 0 Å². The van der Waals surface area contributed by atoms with E-state index in [0.29, 0.717) is 0 Å². The van der Waals surface area contributed by atoms with Gasteiger partial charge in [-0.15, -0.1) is 9.81 Å². The molecule has 7 nitrogen and oxygen atoms in total. The van der Waals surface area contributed by atoms with Crippen molar-refractivity contribution in [3.8, 4) is 0 Å². The first-order valence-electron chi connectivity index (χ1n) is 4.05. The molecule has 0 radical (unpaired) electrons. The Labute approximate surface area is 85.8 Å². The molecule has 0 amide bonds. The molecule has 1 rings (SSSR count). The highest BCUT2D eigenvalue weighted by atomic mass is 16.3. The number of hydrogen-bond donors (Lipinski definition) is 0. The molecule has 0 atom stereocenters. The van der Waals surface area contributed by atoms with Gasteiger partial charge in [-0.2, -0.15) is 5.10 Å². The van der Waals surface area contributed by atoms with E-state index in [2.05, 4.69) is 20.4 Å². The molecule has 15 heavy (non-hydrogen) atoms. The Bertz CT molecular complexity index is 376. The Morgan fingerprint density at radius 1 is 1.20 bits per heavy atom. The summed E-state index contributed by atoms with van der Waals surface area (Å²) in [6, 6.07) is 0. The van der Waals surface area contributed by atoms with Gasteiger partial charge in [-0.05, 0) is 10.4 Å². The number of hydrogen-bond acceptors (Lipinski definition) is 7. The molecule has 78 valence electrons. The average Bonchev–Trinajstić information content (AvgIpc) is 2.25.